The van der Waals surface area contributed by atoms with Crippen LogP contribution < -0.4 is 5.32 Å². The predicted molar refractivity (Wildman–Crippen MR) is 78.8 cm³/mol. The minimum absolute atomic E-state index is 0.142. The van der Waals surface area contributed by atoms with E-state index in [0.717, 1.165) is 31.2 Å². The molecule has 0 bridgehead atoms. The number of nitrogens with zero attached hydrogens (tertiary/aromatic N) is 2. The number of nitrogens with one attached hydrogen (secondary N) is 1. The first kappa shape index (κ1) is 15.4. The second-order valence-electron chi connectivity index (χ2n) is 5.18. The van der Waals surface area contributed by atoms with Gasteiger partial charge >= 0.3 is 0 Å². The van der Waals surface area contributed by atoms with Crippen LogP contribution in [0.25, 0.3) is 0 Å². The zero-order valence-electron chi connectivity index (χ0n) is 12.2. The van der Waals surface area contributed by atoms with Gasteiger partial charge in [0.05, 0.1) is 0 Å². The maximum absolute atomic E-state index is 12.7. The zero-order valence-corrected chi connectivity index (χ0v) is 13.0. The summed E-state index contributed by atoms with van der Waals surface area (Å²) in [5.41, 5.74) is 0.982. The maximum atomic E-state index is 12.7. The lowest BCUT2D eigenvalue weighted by Crippen LogP contribution is -2.38. The molecule has 0 radical (unpaired) electrons. The smallest absolute Gasteiger partial charge is 0.260 e. The third kappa shape index (κ3) is 3.19. The first-order valence-electron chi connectivity index (χ1n) is 7.21. The zero-order chi connectivity index (χ0) is 14.6. The lowest BCUT2D eigenvalue weighted by molar-refractivity contribution is 0.334. The van der Waals surface area contributed by atoms with Gasteiger partial charge in [-0.15, -0.1) is 0 Å². The van der Waals surface area contributed by atoms with Gasteiger partial charge in [-0.1, -0.05) is 25.8 Å². The van der Waals surface area contributed by atoms with Gasteiger partial charge in [-0.25, -0.2) is 13.4 Å². The van der Waals surface area contributed by atoms with Crippen molar-refractivity contribution in [2.45, 2.75) is 50.2 Å². The fourth-order valence-electron chi connectivity index (χ4n) is 2.81. The van der Waals surface area contributed by atoms with E-state index in [1.54, 1.807) is 16.6 Å². The average Bonchev–Trinajstić information content (AvgIpc) is 2.94. The topological polar surface area (TPSA) is 62.3 Å². The molecule has 1 fully saturated rings. The molecule has 1 aliphatic rings. The Kier molecular flexibility index (Phi) is 5.12. The molecule has 0 amide bonds. The molecule has 0 saturated heterocycles. The minimum Gasteiger partial charge on any atom is -0.316 e. The highest BCUT2D eigenvalue weighted by Gasteiger charge is 2.32. The van der Waals surface area contributed by atoms with Gasteiger partial charge in [0, 0.05) is 25.3 Å². The van der Waals surface area contributed by atoms with Crippen LogP contribution in [0.3, 0.4) is 0 Å². The molecule has 1 aliphatic carbocycles. The summed E-state index contributed by atoms with van der Waals surface area (Å²) in [6.45, 7) is 3.09. The van der Waals surface area contributed by atoms with Crippen LogP contribution in [0.15, 0.2) is 23.4 Å². The Morgan fingerprint density at radius 3 is 2.55 bits per heavy atom. The van der Waals surface area contributed by atoms with Crippen molar-refractivity contribution < 1.29 is 8.42 Å². The number of pyridine rings is 1. The van der Waals surface area contributed by atoms with Crippen molar-refractivity contribution >= 4 is 10.0 Å². The molecule has 2 rings (SSSR count). The SMILES string of the molecule is CCN(C1CCCC1)S(=O)(=O)c1ccc(CNC)cn1. The van der Waals surface area contributed by atoms with Crippen LogP contribution >= 0.6 is 0 Å². The van der Waals surface area contributed by atoms with E-state index in [4.69, 9.17) is 0 Å². The van der Waals surface area contributed by atoms with Gasteiger partial charge in [-0.2, -0.15) is 4.31 Å². The van der Waals surface area contributed by atoms with Crippen molar-refractivity contribution in [1.29, 1.82) is 0 Å². The van der Waals surface area contributed by atoms with Crippen molar-refractivity contribution in [3.05, 3.63) is 23.9 Å². The molecule has 1 saturated carbocycles. The van der Waals surface area contributed by atoms with Gasteiger partial charge in [-0.05, 0) is 31.5 Å². The van der Waals surface area contributed by atoms with Crippen LogP contribution in [0.4, 0.5) is 0 Å². The number of sulfonamides is 1. The number of hydrogen-bond donors (Lipinski definition) is 1. The summed E-state index contributed by atoms with van der Waals surface area (Å²) in [7, 11) is -1.61. The molecule has 20 heavy (non-hydrogen) atoms. The summed E-state index contributed by atoms with van der Waals surface area (Å²) < 4.78 is 26.9. The number of hydrogen-bond acceptors (Lipinski definition) is 4. The monoisotopic (exact) mass is 297 g/mol. The van der Waals surface area contributed by atoms with Crippen molar-refractivity contribution in [3.63, 3.8) is 0 Å². The lowest BCUT2D eigenvalue weighted by Gasteiger charge is -2.26. The Balaban J connectivity index is 2.23. The second kappa shape index (κ2) is 6.65. The Bertz CT molecular complexity index is 522. The Hall–Kier alpha value is -0.980. The molecule has 0 aromatic carbocycles. The highest BCUT2D eigenvalue weighted by atomic mass is 32.2. The molecular formula is C14H23N3O2S. The lowest BCUT2D eigenvalue weighted by atomic mass is 10.2. The molecule has 6 heteroatoms. The van der Waals surface area contributed by atoms with Gasteiger partial charge in [-0.3, -0.25) is 0 Å². The molecular weight excluding hydrogens is 274 g/mol. The highest BCUT2D eigenvalue weighted by molar-refractivity contribution is 7.89. The van der Waals surface area contributed by atoms with Crippen molar-refractivity contribution in [3.8, 4) is 0 Å². The molecule has 0 spiro atoms. The Labute approximate surface area is 121 Å². The third-order valence-electron chi connectivity index (χ3n) is 3.80. The van der Waals surface area contributed by atoms with Crippen molar-refractivity contribution in [2.75, 3.05) is 13.6 Å². The minimum atomic E-state index is -3.46. The van der Waals surface area contributed by atoms with Crippen LogP contribution in [-0.4, -0.2) is 37.3 Å². The third-order valence-corrected chi connectivity index (χ3v) is 5.74. The first-order chi connectivity index (χ1) is 9.59. The summed E-state index contributed by atoms with van der Waals surface area (Å²) in [6, 6.07) is 3.57. The summed E-state index contributed by atoms with van der Waals surface area (Å²) >= 11 is 0. The van der Waals surface area contributed by atoms with E-state index in [0.29, 0.717) is 13.1 Å². The molecule has 1 heterocycles. The van der Waals surface area contributed by atoms with E-state index in [9.17, 15) is 8.42 Å². The van der Waals surface area contributed by atoms with E-state index in [1.807, 2.05) is 20.0 Å². The Morgan fingerprint density at radius 2 is 2.05 bits per heavy atom. The number of rotatable bonds is 6. The largest absolute Gasteiger partial charge is 0.316 e. The van der Waals surface area contributed by atoms with Crippen molar-refractivity contribution in [1.82, 2.24) is 14.6 Å². The van der Waals surface area contributed by atoms with Gasteiger partial charge in [0.2, 0.25) is 0 Å². The predicted octanol–water partition coefficient (Wildman–Crippen LogP) is 1.75. The molecule has 1 aromatic rings. The van der Waals surface area contributed by atoms with Gasteiger partial charge in [0.1, 0.15) is 0 Å². The quantitative estimate of drug-likeness (QED) is 0.869. The fourth-order valence-corrected chi connectivity index (χ4v) is 4.42. The second-order valence-corrected chi connectivity index (χ2v) is 7.02. The van der Waals surface area contributed by atoms with E-state index in [1.165, 1.54) is 0 Å². The van der Waals surface area contributed by atoms with Crippen LogP contribution in [0.5, 0.6) is 0 Å². The summed E-state index contributed by atoms with van der Waals surface area (Å²) in [4.78, 5) is 4.14. The molecule has 0 atom stereocenters. The molecule has 1 N–H and O–H groups in total. The summed E-state index contributed by atoms with van der Waals surface area (Å²) in [5, 5.41) is 3.18. The summed E-state index contributed by atoms with van der Waals surface area (Å²) in [5.74, 6) is 0. The standard InChI is InChI=1S/C14H23N3O2S/c1-3-17(13-6-4-5-7-13)20(18,19)14-9-8-12(10-15-2)11-16-14/h8-9,11,13,15H,3-7,10H2,1-2H3. The Morgan fingerprint density at radius 1 is 1.35 bits per heavy atom. The van der Waals surface area contributed by atoms with Gasteiger partial charge < -0.3 is 5.32 Å². The van der Waals surface area contributed by atoms with Gasteiger partial charge in [0.25, 0.3) is 10.0 Å². The van der Waals surface area contributed by atoms with Crippen LogP contribution in [-0.2, 0) is 16.6 Å². The van der Waals surface area contributed by atoms with Gasteiger partial charge in [0.15, 0.2) is 5.03 Å². The maximum Gasteiger partial charge on any atom is 0.260 e. The first-order valence-corrected chi connectivity index (χ1v) is 8.65. The summed E-state index contributed by atoms with van der Waals surface area (Å²) in [6.07, 6.45) is 5.79. The number of aromatic nitrogens is 1. The van der Waals surface area contributed by atoms with Crippen molar-refractivity contribution in [2.24, 2.45) is 0 Å². The van der Waals surface area contributed by atoms with E-state index in [2.05, 4.69) is 10.3 Å². The van der Waals surface area contributed by atoms with E-state index >= 15 is 0 Å². The molecule has 1 aromatic heterocycles. The highest BCUT2D eigenvalue weighted by Crippen LogP contribution is 2.27. The molecule has 112 valence electrons. The normalized spacial score (nSPS) is 16.9. The molecule has 0 unspecified atom stereocenters. The van der Waals surface area contributed by atoms with E-state index in [-0.39, 0.29) is 11.1 Å². The van der Waals surface area contributed by atoms with Crippen LogP contribution in [0.1, 0.15) is 38.2 Å². The van der Waals surface area contributed by atoms with Crippen LogP contribution in [0, 0.1) is 0 Å². The molecule has 0 aliphatic heterocycles. The van der Waals surface area contributed by atoms with E-state index < -0.39 is 10.0 Å². The molecule has 5 nitrogen and oxygen atoms in total. The fraction of sp³-hybridized carbons (Fsp3) is 0.643. The average molecular weight is 297 g/mol. The van der Waals surface area contributed by atoms with Crippen LogP contribution in [0.2, 0.25) is 0 Å².